The maximum absolute atomic E-state index is 14.1. The smallest absolute Gasteiger partial charge is 0.389 e. The minimum absolute atomic E-state index is 0.0933. The summed E-state index contributed by atoms with van der Waals surface area (Å²) in [5.41, 5.74) is -0.238. The van der Waals surface area contributed by atoms with Crippen molar-refractivity contribution in [3.8, 4) is 5.69 Å². The fraction of sp³-hybridized carbons (Fsp3) is 0.273. The third-order valence-electron chi connectivity index (χ3n) is 4.94. The average Bonchev–Trinajstić information content (AvgIpc) is 3.16. The molecule has 1 aromatic heterocycles. The maximum atomic E-state index is 14.1. The summed E-state index contributed by atoms with van der Waals surface area (Å²) in [6, 6.07) is 11.1. The molecule has 1 amide bonds. The average molecular weight is 470 g/mol. The largest absolute Gasteiger partial charge is 0.435 e. The van der Waals surface area contributed by atoms with Gasteiger partial charge in [-0.3, -0.25) is 4.79 Å². The molecule has 2 N–H and O–H groups in total. The fourth-order valence-corrected chi connectivity index (χ4v) is 3.33. The van der Waals surface area contributed by atoms with Gasteiger partial charge in [-0.05, 0) is 49.7 Å². The normalized spacial score (nSPS) is 13.6. The van der Waals surface area contributed by atoms with Crippen molar-refractivity contribution in [2.75, 3.05) is 0 Å². The lowest BCUT2D eigenvalue weighted by Crippen LogP contribution is -2.28. The molecule has 0 aliphatic carbocycles. The van der Waals surface area contributed by atoms with Gasteiger partial charge in [-0.15, -0.1) is 0 Å². The molecule has 3 rings (SSSR count). The highest BCUT2D eigenvalue weighted by molar-refractivity contribution is 6.30. The zero-order valence-corrected chi connectivity index (χ0v) is 17.9. The molecule has 32 heavy (non-hydrogen) atoms. The highest BCUT2D eigenvalue weighted by Gasteiger charge is 2.35. The maximum Gasteiger partial charge on any atom is 0.435 e. The van der Waals surface area contributed by atoms with E-state index in [1.807, 2.05) is 0 Å². The molecule has 0 aliphatic heterocycles. The van der Waals surface area contributed by atoms with Gasteiger partial charge in [-0.2, -0.15) is 18.3 Å². The molecule has 10 heteroatoms. The Hall–Kier alpha value is -2.91. The standard InChI is InChI=1S/C22H20ClF4N3O2/c1-12(14-6-7-18(13(2)31)19(24)8-14)21(32)28-11-17-10-20(22(25,26)27)29-30(17)16-5-3-4-15(23)9-16/h3-10,12-13,31H,11H2,1-2H3,(H,28,32). The monoisotopic (exact) mass is 469 g/mol. The fourth-order valence-electron chi connectivity index (χ4n) is 3.15. The van der Waals surface area contributed by atoms with Crippen molar-refractivity contribution in [3.63, 3.8) is 0 Å². The number of aliphatic hydroxyl groups excluding tert-OH is 1. The summed E-state index contributed by atoms with van der Waals surface area (Å²) in [5.74, 6) is -1.94. The van der Waals surface area contributed by atoms with Gasteiger partial charge in [-0.1, -0.05) is 29.8 Å². The predicted molar refractivity (Wildman–Crippen MR) is 111 cm³/mol. The number of halogens is 5. The Morgan fingerprint density at radius 3 is 2.50 bits per heavy atom. The molecule has 2 atom stereocenters. The first-order chi connectivity index (χ1) is 15.0. The van der Waals surface area contributed by atoms with Crippen LogP contribution in [0, 0.1) is 5.82 Å². The van der Waals surface area contributed by atoms with Gasteiger partial charge in [0.25, 0.3) is 0 Å². The number of nitrogens with zero attached hydrogens (tertiary/aromatic N) is 2. The van der Waals surface area contributed by atoms with E-state index in [1.165, 1.54) is 25.1 Å². The Balaban J connectivity index is 1.82. The molecule has 0 radical (unpaired) electrons. The van der Waals surface area contributed by atoms with Gasteiger partial charge in [0.05, 0.1) is 29.9 Å². The van der Waals surface area contributed by atoms with Crippen molar-refractivity contribution in [3.05, 3.63) is 81.9 Å². The molecule has 5 nitrogen and oxygen atoms in total. The Kier molecular flexibility index (Phi) is 6.90. The van der Waals surface area contributed by atoms with Crippen LogP contribution in [0.1, 0.15) is 48.4 Å². The van der Waals surface area contributed by atoms with Crippen LogP contribution in [0.3, 0.4) is 0 Å². The zero-order valence-electron chi connectivity index (χ0n) is 17.1. The molecule has 2 aromatic carbocycles. The first-order valence-corrected chi connectivity index (χ1v) is 10.0. The molecule has 1 heterocycles. The van der Waals surface area contributed by atoms with Crippen molar-refractivity contribution in [1.82, 2.24) is 15.1 Å². The van der Waals surface area contributed by atoms with E-state index in [2.05, 4.69) is 10.4 Å². The number of carbonyl (C=O) groups excluding carboxylic acids is 1. The molecule has 0 spiro atoms. The van der Waals surface area contributed by atoms with E-state index in [-0.39, 0.29) is 17.8 Å². The van der Waals surface area contributed by atoms with Crippen LogP contribution in [0.15, 0.2) is 48.5 Å². The van der Waals surface area contributed by atoms with E-state index in [0.717, 1.165) is 16.8 Å². The highest BCUT2D eigenvalue weighted by atomic mass is 35.5. The van der Waals surface area contributed by atoms with Gasteiger partial charge in [0.1, 0.15) is 5.82 Å². The minimum Gasteiger partial charge on any atom is -0.389 e. The quantitative estimate of drug-likeness (QED) is 0.490. The van der Waals surface area contributed by atoms with Crippen molar-refractivity contribution < 1.29 is 27.5 Å². The number of hydrogen-bond donors (Lipinski definition) is 2. The first kappa shape index (κ1) is 23.7. The van der Waals surface area contributed by atoms with Crippen LogP contribution in [-0.4, -0.2) is 20.8 Å². The Morgan fingerprint density at radius 2 is 1.91 bits per heavy atom. The molecule has 0 aliphatic rings. The molecule has 0 fully saturated rings. The van der Waals surface area contributed by atoms with Gasteiger partial charge in [0, 0.05) is 10.6 Å². The summed E-state index contributed by atoms with van der Waals surface area (Å²) in [6.45, 7) is 2.72. The van der Waals surface area contributed by atoms with E-state index in [1.54, 1.807) is 25.1 Å². The molecular formula is C22H20ClF4N3O2. The number of carbonyl (C=O) groups is 1. The van der Waals surface area contributed by atoms with E-state index < -0.39 is 35.6 Å². The molecule has 170 valence electrons. The third-order valence-corrected chi connectivity index (χ3v) is 5.17. The Labute approximate surface area is 186 Å². The summed E-state index contributed by atoms with van der Waals surface area (Å²) >= 11 is 5.94. The number of hydrogen-bond acceptors (Lipinski definition) is 3. The van der Waals surface area contributed by atoms with Crippen LogP contribution in [0.2, 0.25) is 5.02 Å². The van der Waals surface area contributed by atoms with Crippen LogP contribution in [0.5, 0.6) is 0 Å². The Morgan fingerprint density at radius 1 is 1.19 bits per heavy atom. The molecule has 0 bridgehead atoms. The van der Waals surface area contributed by atoms with E-state index in [9.17, 15) is 27.5 Å². The predicted octanol–water partition coefficient (Wildman–Crippen LogP) is 5.16. The van der Waals surface area contributed by atoms with Crippen LogP contribution >= 0.6 is 11.6 Å². The minimum atomic E-state index is -4.67. The lowest BCUT2D eigenvalue weighted by molar-refractivity contribution is -0.141. The van der Waals surface area contributed by atoms with Crippen molar-refractivity contribution in [2.24, 2.45) is 0 Å². The van der Waals surface area contributed by atoms with Crippen LogP contribution in [-0.2, 0) is 17.5 Å². The number of aromatic nitrogens is 2. The summed E-state index contributed by atoms with van der Waals surface area (Å²) in [6.07, 6.45) is -5.67. The van der Waals surface area contributed by atoms with E-state index >= 15 is 0 Å². The van der Waals surface area contributed by atoms with Gasteiger partial charge in [0.15, 0.2) is 5.69 Å². The van der Waals surface area contributed by atoms with Crippen molar-refractivity contribution >= 4 is 17.5 Å². The summed E-state index contributed by atoms with van der Waals surface area (Å²) in [5, 5.41) is 16.0. The van der Waals surface area contributed by atoms with Gasteiger partial charge in [0.2, 0.25) is 5.91 Å². The third kappa shape index (κ3) is 5.28. The van der Waals surface area contributed by atoms with Crippen LogP contribution < -0.4 is 5.32 Å². The number of aliphatic hydroxyl groups is 1. The number of rotatable bonds is 6. The van der Waals surface area contributed by atoms with Gasteiger partial charge in [-0.25, -0.2) is 9.07 Å². The van der Waals surface area contributed by atoms with Gasteiger partial charge >= 0.3 is 6.18 Å². The molecular weight excluding hydrogens is 450 g/mol. The topological polar surface area (TPSA) is 67.2 Å². The molecule has 3 aromatic rings. The molecule has 2 unspecified atom stereocenters. The zero-order chi connectivity index (χ0) is 23.6. The molecule has 0 saturated heterocycles. The second kappa shape index (κ2) is 9.30. The number of benzene rings is 2. The number of amides is 1. The van der Waals surface area contributed by atoms with Crippen molar-refractivity contribution in [2.45, 2.75) is 38.6 Å². The number of nitrogens with one attached hydrogen (secondary N) is 1. The molecule has 0 saturated carbocycles. The summed E-state index contributed by atoms with van der Waals surface area (Å²) in [4.78, 5) is 12.6. The summed E-state index contributed by atoms with van der Waals surface area (Å²) in [7, 11) is 0. The SMILES string of the molecule is CC(O)c1ccc(C(C)C(=O)NCc2cc(C(F)(F)F)nn2-c2cccc(Cl)c2)cc1F. The van der Waals surface area contributed by atoms with Gasteiger partial charge < -0.3 is 10.4 Å². The van der Waals surface area contributed by atoms with E-state index in [4.69, 9.17) is 11.6 Å². The second-order valence-electron chi connectivity index (χ2n) is 7.31. The number of alkyl halides is 3. The lowest BCUT2D eigenvalue weighted by atomic mass is 9.97. The van der Waals surface area contributed by atoms with Crippen LogP contribution in [0.25, 0.3) is 5.69 Å². The summed E-state index contributed by atoms with van der Waals surface area (Å²) < 4.78 is 54.8. The second-order valence-corrected chi connectivity index (χ2v) is 7.74. The first-order valence-electron chi connectivity index (χ1n) is 9.64. The van der Waals surface area contributed by atoms with Crippen molar-refractivity contribution in [1.29, 1.82) is 0 Å². The lowest BCUT2D eigenvalue weighted by Gasteiger charge is -2.15. The van der Waals surface area contributed by atoms with Crippen LogP contribution in [0.4, 0.5) is 17.6 Å². The Bertz CT molecular complexity index is 1130. The highest BCUT2D eigenvalue weighted by Crippen LogP contribution is 2.30. The van der Waals surface area contributed by atoms with E-state index in [0.29, 0.717) is 16.3 Å².